The van der Waals surface area contributed by atoms with Crippen molar-refractivity contribution in [1.29, 1.82) is 0 Å². The van der Waals surface area contributed by atoms with Gasteiger partial charge in [-0.3, -0.25) is 0 Å². The van der Waals surface area contributed by atoms with Gasteiger partial charge < -0.3 is 0 Å². The fourth-order valence-electron chi connectivity index (χ4n) is 0.858. The number of hydrogen-bond donors (Lipinski definition) is 0. The summed E-state index contributed by atoms with van der Waals surface area (Å²) in [5, 5.41) is 0.642. The second-order valence-corrected chi connectivity index (χ2v) is 2.96. The van der Waals surface area contributed by atoms with Crippen LogP contribution in [-0.4, -0.2) is 5.33 Å². The van der Waals surface area contributed by atoms with E-state index in [2.05, 4.69) is 27.8 Å². The summed E-state index contributed by atoms with van der Waals surface area (Å²) in [5.74, 6) is 5.57. The molecule has 1 aromatic carbocycles. The minimum atomic E-state index is -0.181. The third kappa shape index (κ3) is 2.35. The normalized spacial score (nSPS) is 8.92. The van der Waals surface area contributed by atoms with Gasteiger partial charge in [-0.25, -0.2) is 4.39 Å². The SMILES string of the molecule is Cc1cc(C#CCBr)ccc1F. The first kappa shape index (κ1) is 9.28. The molecule has 0 radical (unpaired) electrons. The summed E-state index contributed by atoms with van der Waals surface area (Å²) in [6, 6.07) is 4.86. The molecule has 0 aliphatic heterocycles. The topological polar surface area (TPSA) is 0 Å². The minimum Gasteiger partial charge on any atom is -0.207 e. The number of hydrogen-bond acceptors (Lipinski definition) is 0. The summed E-state index contributed by atoms with van der Waals surface area (Å²) in [5.41, 5.74) is 1.49. The Kier molecular flexibility index (Phi) is 3.31. The van der Waals surface area contributed by atoms with E-state index >= 15 is 0 Å². The lowest BCUT2D eigenvalue weighted by Crippen LogP contribution is -1.83. The molecule has 0 unspecified atom stereocenters. The van der Waals surface area contributed by atoms with Crippen molar-refractivity contribution in [3.05, 3.63) is 35.1 Å². The summed E-state index contributed by atoms with van der Waals surface area (Å²) in [6.45, 7) is 1.73. The van der Waals surface area contributed by atoms with Crippen LogP contribution in [0.5, 0.6) is 0 Å². The van der Waals surface area contributed by atoms with Gasteiger partial charge in [-0.05, 0) is 30.7 Å². The highest BCUT2D eigenvalue weighted by Gasteiger charge is 1.95. The molecule has 0 aromatic heterocycles. The van der Waals surface area contributed by atoms with Crippen LogP contribution in [0.3, 0.4) is 0 Å². The lowest BCUT2D eigenvalue weighted by atomic mass is 10.1. The van der Waals surface area contributed by atoms with Crippen molar-refractivity contribution in [3.8, 4) is 11.8 Å². The third-order valence-corrected chi connectivity index (χ3v) is 1.74. The molecule has 0 heterocycles. The van der Waals surface area contributed by atoms with Crippen molar-refractivity contribution in [1.82, 2.24) is 0 Å². The highest BCUT2D eigenvalue weighted by atomic mass is 79.9. The number of alkyl halides is 1. The molecular weight excluding hydrogens is 219 g/mol. The highest BCUT2D eigenvalue weighted by Crippen LogP contribution is 2.07. The summed E-state index contributed by atoms with van der Waals surface area (Å²) < 4.78 is 12.8. The number of aryl methyl sites for hydroxylation is 1. The Labute approximate surface area is 79.9 Å². The molecule has 0 aliphatic rings. The maximum atomic E-state index is 12.8. The molecule has 1 aromatic rings. The fraction of sp³-hybridized carbons (Fsp3) is 0.200. The predicted molar refractivity (Wildman–Crippen MR) is 51.8 cm³/mol. The predicted octanol–water partition coefficient (Wildman–Crippen LogP) is 2.88. The average Bonchev–Trinajstić information content (AvgIpc) is 2.07. The lowest BCUT2D eigenvalue weighted by molar-refractivity contribution is 0.618. The first-order valence-electron chi connectivity index (χ1n) is 3.55. The summed E-state index contributed by atoms with van der Waals surface area (Å²) in [6.07, 6.45) is 0. The Morgan fingerprint density at radius 1 is 1.50 bits per heavy atom. The van der Waals surface area contributed by atoms with Crippen molar-refractivity contribution in [2.75, 3.05) is 5.33 Å². The first-order valence-corrected chi connectivity index (χ1v) is 4.67. The van der Waals surface area contributed by atoms with Gasteiger partial charge in [-0.2, -0.15) is 0 Å². The van der Waals surface area contributed by atoms with Gasteiger partial charge in [0.25, 0.3) is 0 Å². The van der Waals surface area contributed by atoms with E-state index in [1.807, 2.05) is 0 Å². The van der Waals surface area contributed by atoms with Crippen LogP contribution in [0.1, 0.15) is 11.1 Å². The minimum absolute atomic E-state index is 0.181. The van der Waals surface area contributed by atoms with E-state index in [0.717, 1.165) is 5.56 Å². The van der Waals surface area contributed by atoms with E-state index in [4.69, 9.17) is 0 Å². The Morgan fingerprint density at radius 3 is 2.83 bits per heavy atom. The van der Waals surface area contributed by atoms with E-state index in [9.17, 15) is 4.39 Å². The van der Waals surface area contributed by atoms with Crippen LogP contribution < -0.4 is 0 Å². The maximum absolute atomic E-state index is 12.8. The molecule has 0 N–H and O–H groups in total. The van der Waals surface area contributed by atoms with Crippen molar-refractivity contribution >= 4 is 15.9 Å². The fourth-order valence-corrected chi connectivity index (χ4v) is 0.998. The van der Waals surface area contributed by atoms with Gasteiger partial charge in [0.2, 0.25) is 0 Å². The monoisotopic (exact) mass is 226 g/mol. The smallest absolute Gasteiger partial charge is 0.126 e. The van der Waals surface area contributed by atoms with Crippen molar-refractivity contribution in [3.63, 3.8) is 0 Å². The molecule has 12 heavy (non-hydrogen) atoms. The van der Waals surface area contributed by atoms with Gasteiger partial charge in [0.1, 0.15) is 5.82 Å². The van der Waals surface area contributed by atoms with E-state index in [1.165, 1.54) is 6.07 Å². The summed E-state index contributed by atoms with van der Waals surface area (Å²) >= 11 is 3.19. The van der Waals surface area contributed by atoms with Gasteiger partial charge in [0.05, 0.1) is 5.33 Å². The maximum Gasteiger partial charge on any atom is 0.126 e. The Balaban J connectivity index is 2.97. The summed E-state index contributed by atoms with van der Waals surface area (Å²) in [7, 11) is 0. The molecule has 2 heteroatoms. The van der Waals surface area contributed by atoms with Gasteiger partial charge in [0.15, 0.2) is 0 Å². The molecule has 0 atom stereocenters. The van der Waals surface area contributed by atoms with Crippen LogP contribution in [0.2, 0.25) is 0 Å². The van der Waals surface area contributed by atoms with Crippen LogP contribution in [0.25, 0.3) is 0 Å². The number of rotatable bonds is 0. The molecule has 0 amide bonds. The second-order valence-electron chi connectivity index (χ2n) is 2.40. The quantitative estimate of drug-likeness (QED) is 0.472. The van der Waals surface area contributed by atoms with Crippen LogP contribution in [0.15, 0.2) is 18.2 Å². The summed E-state index contributed by atoms with van der Waals surface area (Å²) in [4.78, 5) is 0. The van der Waals surface area contributed by atoms with E-state index < -0.39 is 0 Å². The zero-order chi connectivity index (χ0) is 8.97. The Bertz CT molecular complexity index is 333. The highest BCUT2D eigenvalue weighted by molar-refractivity contribution is 9.09. The molecular formula is C10H8BrF. The molecule has 0 bridgehead atoms. The zero-order valence-electron chi connectivity index (χ0n) is 6.70. The first-order chi connectivity index (χ1) is 5.74. The number of halogens is 2. The zero-order valence-corrected chi connectivity index (χ0v) is 8.28. The van der Waals surface area contributed by atoms with Crippen LogP contribution >= 0.6 is 15.9 Å². The van der Waals surface area contributed by atoms with E-state index in [0.29, 0.717) is 10.9 Å². The van der Waals surface area contributed by atoms with Gasteiger partial charge >= 0.3 is 0 Å². The van der Waals surface area contributed by atoms with Gasteiger partial charge in [-0.1, -0.05) is 27.8 Å². The third-order valence-electron chi connectivity index (χ3n) is 1.46. The second kappa shape index (κ2) is 4.27. The van der Waals surface area contributed by atoms with Crippen LogP contribution in [0, 0.1) is 24.6 Å². The lowest BCUT2D eigenvalue weighted by Gasteiger charge is -1.95. The molecule has 0 saturated carbocycles. The standard InChI is InChI=1S/C10H8BrF/c1-8-7-9(3-2-6-11)4-5-10(8)12/h4-5,7H,6H2,1H3. The molecule has 1 rings (SSSR count). The molecule has 0 fully saturated rings. The van der Waals surface area contributed by atoms with E-state index in [1.54, 1.807) is 19.1 Å². The molecule has 0 saturated heterocycles. The van der Waals surface area contributed by atoms with Crippen molar-refractivity contribution in [2.24, 2.45) is 0 Å². The average molecular weight is 227 g/mol. The van der Waals surface area contributed by atoms with Crippen LogP contribution in [0.4, 0.5) is 4.39 Å². The Hall–Kier alpha value is -0.810. The van der Waals surface area contributed by atoms with Gasteiger partial charge in [-0.15, -0.1) is 0 Å². The molecule has 0 nitrogen and oxygen atoms in total. The van der Waals surface area contributed by atoms with E-state index in [-0.39, 0.29) is 5.82 Å². The largest absolute Gasteiger partial charge is 0.207 e. The van der Waals surface area contributed by atoms with Crippen molar-refractivity contribution < 1.29 is 4.39 Å². The molecule has 0 spiro atoms. The van der Waals surface area contributed by atoms with Crippen molar-refractivity contribution in [2.45, 2.75) is 6.92 Å². The Morgan fingerprint density at radius 2 is 2.25 bits per heavy atom. The number of benzene rings is 1. The van der Waals surface area contributed by atoms with Crippen LogP contribution in [-0.2, 0) is 0 Å². The molecule has 0 aliphatic carbocycles. The van der Waals surface area contributed by atoms with Gasteiger partial charge in [0, 0.05) is 5.56 Å². The molecule has 62 valence electrons.